The SMILES string of the molecule is Cc1cccc(Cl)c1-n1cnc(NC(C)(C)C)nc1=O. The molecule has 106 valence electrons. The maximum atomic E-state index is 12.1. The van der Waals surface area contributed by atoms with E-state index in [2.05, 4.69) is 15.3 Å². The van der Waals surface area contributed by atoms with E-state index in [9.17, 15) is 4.79 Å². The molecule has 2 rings (SSSR count). The Bertz CT molecular complexity index is 668. The first-order chi connectivity index (χ1) is 9.28. The molecule has 0 atom stereocenters. The van der Waals surface area contributed by atoms with Crippen molar-refractivity contribution >= 4 is 17.5 Å². The van der Waals surface area contributed by atoms with Crippen LogP contribution in [0.4, 0.5) is 5.95 Å². The maximum absolute atomic E-state index is 12.1. The second kappa shape index (κ2) is 5.25. The third kappa shape index (κ3) is 3.17. The standard InChI is InChI=1S/C14H17ClN4O/c1-9-6-5-7-10(15)11(9)19-8-16-12(17-13(19)20)18-14(2,3)4/h5-8H,1-4H3,(H,17,18,20). The number of aryl methyl sites for hydroxylation is 1. The predicted molar refractivity (Wildman–Crippen MR) is 80.8 cm³/mol. The molecular weight excluding hydrogens is 276 g/mol. The van der Waals surface area contributed by atoms with Crippen molar-refractivity contribution in [3.63, 3.8) is 0 Å². The molecule has 0 aliphatic carbocycles. The molecule has 5 nitrogen and oxygen atoms in total. The van der Waals surface area contributed by atoms with Gasteiger partial charge in [-0.25, -0.2) is 14.3 Å². The van der Waals surface area contributed by atoms with Gasteiger partial charge < -0.3 is 5.32 Å². The average Bonchev–Trinajstić information content (AvgIpc) is 2.29. The van der Waals surface area contributed by atoms with E-state index in [-0.39, 0.29) is 5.54 Å². The third-order valence-corrected chi connectivity index (χ3v) is 2.92. The van der Waals surface area contributed by atoms with Crippen molar-refractivity contribution < 1.29 is 0 Å². The van der Waals surface area contributed by atoms with Crippen molar-refractivity contribution in [3.8, 4) is 5.69 Å². The molecule has 0 amide bonds. The Balaban J connectivity index is 2.48. The Hall–Kier alpha value is -1.88. The topological polar surface area (TPSA) is 59.8 Å². The van der Waals surface area contributed by atoms with Gasteiger partial charge in [-0.05, 0) is 39.3 Å². The van der Waals surface area contributed by atoms with Crippen LogP contribution < -0.4 is 11.0 Å². The Morgan fingerprint density at radius 3 is 2.55 bits per heavy atom. The van der Waals surface area contributed by atoms with Crippen LogP contribution in [-0.2, 0) is 0 Å². The summed E-state index contributed by atoms with van der Waals surface area (Å²) in [4.78, 5) is 20.3. The van der Waals surface area contributed by atoms with Gasteiger partial charge in [0.2, 0.25) is 5.95 Å². The summed E-state index contributed by atoms with van der Waals surface area (Å²) in [6, 6.07) is 5.45. The molecule has 1 N–H and O–H groups in total. The maximum Gasteiger partial charge on any atom is 0.356 e. The number of aromatic nitrogens is 3. The Labute approximate surface area is 122 Å². The summed E-state index contributed by atoms with van der Waals surface area (Å²) < 4.78 is 1.35. The molecule has 1 heterocycles. The molecule has 0 saturated heterocycles. The monoisotopic (exact) mass is 292 g/mol. The number of hydrogen-bond acceptors (Lipinski definition) is 4. The van der Waals surface area contributed by atoms with Crippen molar-refractivity contribution in [2.24, 2.45) is 0 Å². The smallest absolute Gasteiger partial charge is 0.349 e. The third-order valence-electron chi connectivity index (χ3n) is 2.62. The summed E-state index contributed by atoms with van der Waals surface area (Å²) in [7, 11) is 0. The van der Waals surface area contributed by atoms with Gasteiger partial charge in [0.25, 0.3) is 0 Å². The molecular formula is C14H17ClN4O. The van der Waals surface area contributed by atoms with Crippen molar-refractivity contribution in [1.29, 1.82) is 0 Å². The first-order valence-electron chi connectivity index (χ1n) is 6.27. The molecule has 0 aliphatic rings. The van der Waals surface area contributed by atoms with Crippen molar-refractivity contribution in [3.05, 3.63) is 45.6 Å². The number of anilines is 1. The number of rotatable bonds is 2. The minimum Gasteiger partial charge on any atom is -0.349 e. The van der Waals surface area contributed by atoms with Crippen LogP contribution in [-0.4, -0.2) is 20.1 Å². The molecule has 2 aromatic rings. The molecule has 20 heavy (non-hydrogen) atoms. The molecule has 1 aromatic heterocycles. The first-order valence-corrected chi connectivity index (χ1v) is 6.65. The van der Waals surface area contributed by atoms with Crippen LogP contribution in [0.2, 0.25) is 5.02 Å². The zero-order valence-electron chi connectivity index (χ0n) is 11.9. The molecule has 1 aromatic carbocycles. The van der Waals surface area contributed by atoms with E-state index in [1.54, 1.807) is 6.07 Å². The van der Waals surface area contributed by atoms with Crippen LogP contribution in [0.15, 0.2) is 29.3 Å². The lowest BCUT2D eigenvalue weighted by Crippen LogP contribution is -2.31. The van der Waals surface area contributed by atoms with Gasteiger partial charge in [-0.1, -0.05) is 23.7 Å². The van der Waals surface area contributed by atoms with Gasteiger partial charge in [-0.2, -0.15) is 4.98 Å². The fraction of sp³-hybridized carbons (Fsp3) is 0.357. The molecule has 0 spiro atoms. The molecule has 0 fully saturated rings. The van der Waals surface area contributed by atoms with Gasteiger partial charge in [-0.15, -0.1) is 0 Å². The highest BCUT2D eigenvalue weighted by Crippen LogP contribution is 2.22. The van der Waals surface area contributed by atoms with Crippen LogP contribution in [0.25, 0.3) is 5.69 Å². The van der Waals surface area contributed by atoms with E-state index < -0.39 is 5.69 Å². The fourth-order valence-electron chi connectivity index (χ4n) is 1.81. The van der Waals surface area contributed by atoms with E-state index >= 15 is 0 Å². The summed E-state index contributed by atoms with van der Waals surface area (Å²) in [6.07, 6.45) is 1.44. The quantitative estimate of drug-likeness (QED) is 0.924. The second-order valence-electron chi connectivity index (χ2n) is 5.61. The molecule has 0 saturated carbocycles. The number of hydrogen-bond donors (Lipinski definition) is 1. The molecule has 0 radical (unpaired) electrons. The molecule has 0 bridgehead atoms. The largest absolute Gasteiger partial charge is 0.356 e. The summed E-state index contributed by atoms with van der Waals surface area (Å²) in [6.45, 7) is 7.80. The van der Waals surface area contributed by atoms with Gasteiger partial charge >= 0.3 is 5.69 Å². The lowest BCUT2D eigenvalue weighted by atomic mass is 10.1. The average molecular weight is 293 g/mol. The first kappa shape index (κ1) is 14.5. The minimum absolute atomic E-state index is 0.209. The lowest BCUT2D eigenvalue weighted by molar-refractivity contribution is 0.622. The zero-order chi connectivity index (χ0) is 14.9. The Kier molecular flexibility index (Phi) is 3.81. The summed E-state index contributed by atoms with van der Waals surface area (Å²) in [5.41, 5.74) is 0.878. The molecule has 0 aliphatic heterocycles. The summed E-state index contributed by atoms with van der Waals surface area (Å²) >= 11 is 6.15. The Morgan fingerprint density at radius 1 is 1.30 bits per heavy atom. The lowest BCUT2D eigenvalue weighted by Gasteiger charge is -2.20. The fourth-order valence-corrected chi connectivity index (χ4v) is 2.13. The van der Waals surface area contributed by atoms with E-state index in [1.807, 2.05) is 39.8 Å². The van der Waals surface area contributed by atoms with Crippen molar-refractivity contribution in [1.82, 2.24) is 14.5 Å². The van der Waals surface area contributed by atoms with Crippen LogP contribution in [0.3, 0.4) is 0 Å². The molecule has 6 heteroatoms. The van der Waals surface area contributed by atoms with E-state index in [0.717, 1.165) is 5.56 Å². The highest BCUT2D eigenvalue weighted by Gasteiger charge is 2.14. The predicted octanol–water partition coefficient (Wildman–Crippen LogP) is 2.80. The van der Waals surface area contributed by atoms with Crippen molar-refractivity contribution in [2.45, 2.75) is 33.2 Å². The van der Waals surface area contributed by atoms with Gasteiger partial charge in [0.05, 0.1) is 10.7 Å². The van der Waals surface area contributed by atoms with Crippen LogP contribution in [0.1, 0.15) is 26.3 Å². The number of nitrogens with zero attached hydrogens (tertiary/aromatic N) is 3. The van der Waals surface area contributed by atoms with Crippen molar-refractivity contribution in [2.75, 3.05) is 5.32 Å². The zero-order valence-corrected chi connectivity index (χ0v) is 12.7. The number of para-hydroxylation sites is 1. The number of halogens is 1. The minimum atomic E-state index is -0.414. The second-order valence-corrected chi connectivity index (χ2v) is 6.02. The van der Waals surface area contributed by atoms with E-state index in [0.29, 0.717) is 16.7 Å². The number of nitrogens with one attached hydrogen (secondary N) is 1. The highest BCUT2D eigenvalue weighted by molar-refractivity contribution is 6.32. The normalized spacial score (nSPS) is 11.4. The number of benzene rings is 1. The van der Waals surface area contributed by atoms with Gasteiger partial charge in [0.1, 0.15) is 6.33 Å². The van der Waals surface area contributed by atoms with Crippen LogP contribution >= 0.6 is 11.6 Å². The van der Waals surface area contributed by atoms with Crippen LogP contribution in [0, 0.1) is 6.92 Å². The van der Waals surface area contributed by atoms with E-state index in [1.165, 1.54) is 10.9 Å². The summed E-state index contributed by atoms with van der Waals surface area (Å²) in [5.74, 6) is 0.309. The van der Waals surface area contributed by atoms with Gasteiger partial charge in [-0.3, -0.25) is 0 Å². The highest BCUT2D eigenvalue weighted by atomic mass is 35.5. The Morgan fingerprint density at radius 2 is 2.00 bits per heavy atom. The van der Waals surface area contributed by atoms with Gasteiger partial charge in [0, 0.05) is 5.54 Å². The summed E-state index contributed by atoms with van der Waals surface area (Å²) in [5, 5.41) is 3.55. The van der Waals surface area contributed by atoms with Gasteiger partial charge in [0.15, 0.2) is 0 Å². The molecule has 0 unspecified atom stereocenters. The van der Waals surface area contributed by atoms with Crippen LogP contribution in [0.5, 0.6) is 0 Å². The van der Waals surface area contributed by atoms with E-state index in [4.69, 9.17) is 11.6 Å².